The minimum Gasteiger partial charge on any atom is -0.375 e. The van der Waals surface area contributed by atoms with Crippen LogP contribution in [0.4, 0.5) is 0 Å². The number of thiazole rings is 1. The number of nitrogens with one attached hydrogen (secondary N) is 1. The van der Waals surface area contributed by atoms with Gasteiger partial charge in [0, 0.05) is 12.6 Å². The summed E-state index contributed by atoms with van der Waals surface area (Å²) in [6, 6.07) is 0.167. The number of carbonyl (C=O) groups excluding carboxylic acids is 1. The summed E-state index contributed by atoms with van der Waals surface area (Å²) in [7, 11) is 0. The maximum Gasteiger partial charge on any atom is 0.272 e. The Morgan fingerprint density at radius 2 is 2.47 bits per heavy atom. The highest BCUT2D eigenvalue weighted by Crippen LogP contribution is 2.25. The summed E-state index contributed by atoms with van der Waals surface area (Å²) < 4.78 is 6.40. The van der Waals surface area contributed by atoms with Crippen molar-refractivity contribution >= 4 is 33.2 Å². The first kappa shape index (κ1) is 13.0. The number of hydrogen-bond acceptors (Lipinski definition) is 4. The number of aromatic nitrogens is 1. The van der Waals surface area contributed by atoms with Crippen LogP contribution in [-0.4, -0.2) is 29.1 Å². The van der Waals surface area contributed by atoms with Crippen LogP contribution in [0, 0.1) is 0 Å². The molecule has 1 atom stereocenters. The van der Waals surface area contributed by atoms with E-state index in [4.69, 9.17) is 4.74 Å². The zero-order valence-corrected chi connectivity index (χ0v) is 12.2. The number of nitrogens with zero attached hydrogens (tertiary/aromatic N) is 1. The molecule has 4 nitrogen and oxygen atoms in total. The van der Waals surface area contributed by atoms with Gasteiger partial charge >= 0.3 is 0 Å². The van der Waals surface area contributed by atoms with E-state index in [2.05, 4.69) is 26.2 Å². The van der Waals surface area contributed by atoms with Gasteiger partial charge in [-0.1, -0.05) is 0 Å². The van der Waals surface area contributed by atoms with Gasteiger partial charge in [0.25, 0.3) is 5.91 Å². The molecule has 0 bridgehead atoms. The third kappa shape index (κ3) is 3.26. The van der Waals surface area contributed by atoms with Gasteiger partial charge in [0.05, 0.1) is 11.1 Å². The lowest BCUT2D eigenvalue weighted by atomic mass is 9.94. The molecule has 17 heavy (non-hydrogen) atoms. The molecule has 0 aliphatic carbocycles. The van der Waals surface area contributed by atoms with E-state index in [1.54, 1.807) is 5.51 Å². The summed E-state index contributed by atoms with van der Waals surface area (Å²) >= 11 is 4.74. The molecule has 0 radical (unpaired) electrons. The van der Waals surface area contributed by atoms with E-state index in [0.29, 0.717) is 12.3 Å². The van der Waals surface area contributed by atoms with E-state index in [1.807, 2.05) is 13.8 Å². The molecule has 1 fully saturated rings. The largest absolute Gasteiger partial charge is 0.375 e. The van der Waals surface area contributed by atoms with Gasteiger partial charge in [-0.15, -0.1) is 11.3 Å². The Bertz CT molecular complexity index is 419. The summed E-state index contributed by atoms with van der Waals surface area (Å²) in [4.78, 5) is 16.0. The molecule has 1 amide bonds. The second kappa shape index (κ2) is 5.04. The Balaban J connectivity index is 1.98. The number of amides is 1. The maximum absolute atomic E-state index is 12.0. The standard InChI is InChI=1S/C11H15BrN2O2S/c1-11(2)5-7(3-4-16-11)14-10(15)8-9(12)17-6-13-8/h6-7H,3-5H2,1-2H3,(H,14,15)/t7-/m0/s1. The summed E-state index contributed by atoms with van der Waals surface area (Å²) in [5.41, 5.74) is 1.97. The van der Waals surface area contributed by atoms with E-state index >= 15 is 0 Å². The zero-order valence-electron chi connectivity index (χ0n) is 9.83. The van der Waals surface area contributed by atoms with E-state index in [9.17, 15) is 4.79 Å². The molecule has 0 saturated carbocycles. The summed E-state index contributed by atoms with van der Waals surface area (Å²) in [6.45, 7) is 4.78. The second-order valence-corrected chi connectivity index (χ2v) is 6.92. The molecule has 94 valence electrons. The number of ether oxygens (including phenoxy) is 1. The van der Waals surface area contributed by atoms with Crippen molar-refractivity contribution in [2.24, 2.45) is 0 Å². The van der Waals surface area contributed by atoms with Crippen molar-refractivity contribution < 1.29 is 9.53 Å². The Kier molecular flexibility index (Phi) is 3.85. The number of carbonyl (C=O) groups is 1. The van der Waals surface area contributed by atoms with E-state index in [0.717, 1.165) is 16.6 Å². The molecule has 1 aromatic heterocycles. The monoisotopic (exact) mass is 318 g/mol. The molecular formula is C11H15BrN2O2S. The number of rotatable bonds is 2. The first-order valence-corrected chi connectivity index (χ1v) is 7.19. The zero-order chi connectivity index (χ0) is 12.5. The van der Waals surface area contributed by atoms with Crippen molar-refractivity contribution in [3.63, 3.8) is 0 Å². The highest BCUT2D eigenvalue weighted by molar-refractivity contribution is 9.11. The average Bonchev–Trinajstić information content (AvgIpc) is 2.62. The van der Waals surface area contributed by atoms with Gasteiger partial charge in [-0.05, 0) is 42.6 Å². The van der Waals surface area contributed by atoms with Crippen molar-refractivity contribution in [3.8, 4) is 0 Å². The summed E-state index contributed by atoms with van der Waals surface area (Å²) in [6.07, 6.45) is 1.69. The molecule has 6 heteroatoms. The average molecular weight is 319 g/mol. The van der Waals surface area contributed by atoms with Crippen molar-refractivity contribution in [1.82, 2.24) is 10.3 Å². The third-order valence-electron chi connectivity index (χ3n) is 2.77. The van der Waals surface area contributed by atoms with Gasteiger partial charge in [-0.2, -0.15) is 0 Å². The van der Waals surface area contributed by atoms with Gasteiger partial charge < -0.3 is 10.1 Å². The van der Waals surface area contributed by atoms with Crippen molar-refractivity contribution in [2.75, 3.05) is 6.61 Å². The first-order valence-electron chi connectivity index (χ1n) is 5.52. The predicted octanol–water partition coefficient (Wildman–Crippen LogP) is 2.59. The Labute approximate surface area is 113 Å². The van der Waals surface area contributed by atoms with E-state index in [1.165, 1.54) is 11.3 Å². The van der Waals surface area contributed by atoms with Gasteiger partial charge in [-0.3, -0.25) is 4.79 Å². The Hall–Kier alpha value is -0.460. The lowest BCUT2D eigenvalue weighted by Gasteiger charge is -2.35. The number of hydrogen-bond donors (Lipinski definition) is 1. The molecule has 1 aliphatic heterocycles. The molecule has 1 saturated heterocycles. The molecule has 1 aliphatic rings. The van der Waals surface area contributed by atoms with Crippen LogP contribution < -0.4 is 5.32 Å². The van der Waals surface area contributed by atoms with Crippen molar-refractivity contribution in [3.05, 3.63) is 15.0 Å². The van der Waals surface area contributed by atoms with Crippen molar-refractivity contribution in [2.45, 2.75) is 38.3 Å². The van der Waals surface area contributed by atoms with Crippen molar-refractivity contribution in [1.29, 1.82) is 0 Å². The normalized spacial score (nSPS) is 23.4. The van der Waals surface area contributed by atoms with Crippen LogP contribution in [0.3, 0.4) is 0 Å². The molecule has 1 aromatic rings. The molecule has 2 rings (SSSR count). The maximum atomic E-state index is 12.0. The van der Waals surface area contributed by atoms with Gasteiger partial charge in [0.15, 0.2) is 5.69 Å². The SMILES string of the molecule is CC1(C)C[C@@H](NC(=O)c2ncsc2Br)CCO1. The van der Waals surface area contributed by atoms with Gasteiger partial charge in [-0.25, -0.2) is 4.98 Å². The van der Waals surface area contributed by atoms with Crippen LogP contribution in [0.5, 0.6) is 0 Å². The molecule has 0 aromatic carbocycles. The lowest BCUT2D eigenvalue weighted by Crippen LogP contribution is -2.45. The molecule has 0 spiro atoms. The molecule has 2 heterocycles. The lowest BCUT2D eigenvalue weighted by molar-refractivity contribution is -0.0615. The molecule has 1 N–H and O–H groups in total. The molecule has 0 unspecified atom stereocenters. The van der Waals surface area contributed by atoms with E-state index < -0.39 is 0 Å². The van der Waals surface area contributed by atoms with Crippen LogP contribution in [0.2, 0.25) is 0 Å². The Morgan fingerprint density at radius 3 is 3.06 bits per heavy atom. The quantitative estimate of drug-likeness (QED) is 0.911. The minimum absolute atomic E-state index is 0.110. The van der Waals surface area contributed by atoms with Crippen LogP contribution >= 0.6 is 27.3 Å². The number of halogens is 1. The highest BCUT2D eigenvalue weighted by atomic mass is 79.9. The Morgan fingerprint density at radius 1 is 1.71 bits per heavy atom. The van der Waals surface area contributed by atoms with Gasteiger partial charge in [0.2, 0.25) is 0 Å². The molecular weight excluding hydrogens is 304 g/mol. The topological polar surface area (TPSA) is 51.2 Å². The highest BCUT2D eigenvalue weighted by Gasteiger charge is 2.30. The fourth-order valence-electron chi connectivity index (χ4n) is 1.99. The second-order valence-electron chi connectivity index (χ2n) is 4.75. The summed E-state index contributed by atoms with van der Waals surface area (Å²) in [5.74, 6) is -0.110. The van der Waals surface area contributed by atoms with Gasteiger partial charge in [0.1, 0.15) is 3.79 Å². The first-order chi connectivity index (χ1) is 7.98. The van der Waals surface area contributed by atoms with E-state index in [-0.39, 0.29) is 17.6 Å². The predicted molar refractivity (Wildman–Crippen MR) is 70.3 cm³/mol. The fourth-order valence-corrected chi connectivity index (χ4v) is 3.03. The smallest absolute Gasteiger partial charge is 0.272 e. The summed E-state index contributed by atoms with van der Waals surface area (Å²) in [5, 5.41) is 3.01. The van der Waals surface area contributed by atoms with Crippen LogP contribution in [0.15, 0.2) is 9.30 Å². The van der Waals surface area contributed by atoms with Crippen LogP contribution in [0.25, 0.3) is 0 Å². The third-order valence-corrected chi connectivity index (χ3v) is 4.32. The minimum atomic E-state index is -0.157. The van der Waals surface area contributed by atoms with Crippen LogP contribution in [-0.2, 0) is 4.74 Å². The fraction of sp³-hybridized carbons (Fsp3) is 0.636. The van der Waals surface area contributed by atoms with Crippen LogP contribution in [0.1, 0.15) is 37.2 Å².